The van der Waals surface area contributed by atoms with E-state index in [4.69, 9.17) is 0 Å². The number of nitrogens with zero attached hydrogens (tertiary/aromatic N) is 3. The minimum atomic E-state index is -0.260. The fourth-order valence-corrected chi connectivity index (χ4v) is 3.44. The molecule has 2 aromatic rings. The van der Waals surface area contributed by atoms with E-state index in [1.165, 1.54) is 6.20 Å². The molecule has 2 atom stereocenters. The molecule has 0 unspecified atom stereocenters. The maximum Gasteiger partial charge on any atom is 0.255 e. The van der Waals surface area contributed by atoms with Gasteiger partial charge in [0.25, 0.3) is 5.91 Å². The number of carbonyl (C=O) groups excluding carboxylic acids is 2. The number of likely N-dealkylation sites (tertiary alicyclic amines) is 1. The Morgan fingerprint density at radius 3 is 2.83 bits per heavy atom. The summed E-state index contributed by atoms with van der Waals surface area (Å²) in [6, 6.07) is 3.70. The van der Waals surface area contributed by atoms with E-state index < -0.39 is 0 Å². The van der Waals surface area contributed by atoms with Crippen LogP contribution in [-0.2, 0) is 4.79 Å². The first-order chi connectivity index (χ1) is 11.6. The Labute approximate surface area is 139 Å². The minimum Gasteiger partial charge on any atom is -0.346 e. The molecule has 4 rings (SSSR count). The number of aromatic nitrogens is 3. The summed E-state index contributed by atoms with van der Waals surface area (Å²) in [5, 5.41) is 9.68. The molecule has 2 aromatic heterocycles. The van der Waals surface area contributed by atoms with E-state index in [0.717, 1.165) is 18.4 Å². The van der Waals surface area contributed by atoms with Crippen LogP contribution in [0.3, 0.4) is 0 Å². The van der Waals surface area contributed by atoms with Gasteiger partial charge < -0.3 is 10.2 Å². The van der Waals surface area contributed by atoms with Crippen molar-refractivity contribution in [3.8, 4) is 0 Å². The third-order valence-corrected chi connectivity index (χ3v) is 4.72. The van der Waals surface area contributed by atoms with Crippen LogP contribution in [0.4, 0.5) is 0 Å². The number of H-pyrrole nitrogens is 1. The van der Waals surface area contributed by atoms with E-state index >= 15 is 0 Å². The van der Waals surface area contributed by atoms with Crippen LogP contribution in [0, 0.1) is 6.92 Å². The van der Waals surface area contributed by atoms with E-state index in [0.29, 0.717) is 23.7 Å². The Balaban J connectivity index is 1.62. The molecule has 2 amide bonds. The Hall–Kier alpha value is -2.70. The molecule has 1 aliphatic carbocycles. The first-order valence-electron chi connectivity index (χ1n) is 8.17. The molecule has 0 aromatic carbocycles. The van der Waals surface area contributed by atoms with Crippen LogP contribution < -0.4 is 5.32 Å². The van der Waals surface area contributed by atoms with Gasteiger partial charge in [-0.05, 0) is 31.4 Å². The summed E-state index contributed by atoms with van der Waals surface area (Å²) in [5.74, 6) is -0.105. The van der Waals surface area contributed by atoms with Gasteiger partial charge in [0, 0.05) is 30.6 Å². The van der Waals surface area contributed by atoms with Crippen LogP contribution in [0.15, 0.2) is 30.7 Å². The highest BCUT2D eigenvalue weighted by Crippen LogP contribution is 2.41. The first kappa shape index (κ1) is 14.9. The standard InChI is InChI=1S/C17H19N5O2/c1-10-13(9-19-21-10)17(24)20-14-7-15(23)22(12-4-5-12)16(14)11-3-2-6-18-8-11/h2-3,6,8-9,12,14,16H,4-5,7H2,1H3,(H,19,21)(H,20,24)/t14-,16+/m1/s1. The number of hydrogen-bond donors (Lipinski definition) is 2. The third kappa shape index (κ3) is 2.55. The molecule has 124 valence electrons. The summed E-state index contributed by atoms with van der Waals surface area (Å²) in [6.07, 6.45) is 7.39. The lowest BCUT2D eigenvalue weighted by Gasteiger charge is -2.28. The molecule has 2 fully saturated rings. The largest absolute Gasteiger partial charge is 0.346 e. The number of pyridine rings is 1. The predicted molar refractivity (Wildman–Crippen MR) is 86.0 cm³/mol. The van der Waals surface area contributed by atoms with Gasteiger partial charge in [-0.3, -0.25) is 19.7 Å². The summed E-state index contributed by atoms with van der Waals surface area (Å²) in [7, 11) is 0. The van der Waals surface area contributed by atoms with E-state index in [9.17, 15) is 9.59 Å². The lowest BCUT2D eigenvalue weighted by atomic mass is 10.0. The van der Waals surface area contributed by atoms with Crippen LogP contribution in [0.5, 0.6) is 0 Å². The van der Waals surface area contributed by atoms with Crippen molar-refractivity contribution >= 4 is 11.8 Å². The molecule has 7 nitrogen and oxygen atoms in total. The minimum absolute atomic E-state index is 0.0977. The monoisotopic (exact) mass is 325 g/mol. The van der Waals surface area contributed by atoms with Gasteiger partial charge in [-0.15, -0.1) is 0 Å². The summed E-state index contributed by atoms with van der Waals surface area (Å²) in [6.45, 7) is 1.80. The molecule has 2 aliphatic rings. The summed E-state index contributed by atoms with van der Waals surface area (Å²) in [4.78, 5) is 31.2. The van der Waals surface area contributed by atoms with Gasteiger partial charge in [-0.25, -0.2) is 0 Å². The topological polar surface area (TPSA) is 91.0 Å². The van der Waals surface area contributed by atoms with Crippen molar-refractivity contribution in [3.63, 3.8) is 0 Å². The van der Waals surface area contributed by atoms with E-state index in [-0.39, 0.29) is 23.9 Å². The molecular weight excluding hydrogens is 306 g/mol. The third-order valence-electron chi connectivity index (χ3n) is 4.72. The molecule has 0 spiro atoms. The highest BCUT2D eigenvalue weighted by Gasteiger charge is 2.47. The molecule has 2 N–H and O–H groups in total. The van der Waals surface area contributed by atoms with Gasteiger partial charge in [0.1, 0.15) is 0 Å². The molecule has 7 heteroatoms. The zero-order valence-electron chi connectivity index (χ0n) is 13.4. The average Bonchev–Trinajstić information content (AvgIpc) is 3.24. The molecule has 0 bridgehead atoms. The SMILES string of the molecule is Cc1[nH]ncc1C(=O)N[C@@H]1CC(=O)N(C2CC2)[C@H]1c1cccnc1. The molecule has 3 heterocycles. The highest BCUT2D eigenvalue weighted by atomic mass is 16.2. The van der Waals surface area contributed by atoms with Crippen LogP contribution >= 0.6 is 0 Å². The van der Waals surface area contributed by atoms with Gasteiger partial charge >= 0.3 is 0 Å². The lowest BCUT2D eigenvalue weighted by Crippen LogP contribution is -2.40. The normalized spacial score (nSPS) is 23.5. The van der Waals surface area contributed by atoms with Crippen molar-refractivity contribution < 1.29 is 9.59 Å². The molecule has 0 radical (unpaired) electrons. The van der Waals surface area contributed by atoms with Crippen LogP contribution in [0.25, 0.3) is 0 Å². The van der Waals surface area contributed by atoms with Crippen LogP contribution in [-0.4, -0.2) is 44.0 Å². The van der Waals surface area contributed by atoms with Crippen molar-refractivity contribution in [2.45, 2.75) is 44.3 Å². The Morgan fingerprint density at radius 1 is 1.38 bits per heavy atom. The number of nitrogens with one attached hydrogen (secondary N) is 2. The Bertz CT molecular complexity index is 768. The predicted octanol–water partition coefficient (Wildman–Crippen LogP) is 1.35. The maximum absolute atomic E-state index is 12.5. The highest BCUT2D eigenvalue weighted by molar-refractivity contribution is 5.96. The van der Waals surface area contributed by atoms with Crippen LogP contribution in [0.1, 0.15) is 46.9 Å². The number of aromatic amines is 1. The fraction of sp³-hybridized carbons (Fsp3) is 0.412. The lowest BCUT2D eigenvalue weighted by molar-refractivity contribution is -0.129. The second kappa shape index (κ2) is 5.74. The van der Waals surface area contributed by atoms with E-state index in [1.807, 2.05) is 17.0 Å². The smallest absolute Gasteiger partial charge is 0.255 e. The number of amides is 2. The number of carbonyl (C=O) groups is 2. The van der Waals surface area contributed by atoms with Gasteiger partial charge in [0.05, 0.1) is 23.8 Å². The zero-order chi connectivity index (χ0) is 16.7. The van der Waals surface area contributed by atoms with Gasteiger partial charge in [0.15, 0.2) is 0 Å². The van der Waals surface area contributed by atoms with Gasteiger partial charge in [-0.2, -0.15) is 5.10 Å². The maximum atomic E-state index is 12.5. The summed E-state index contributed by atoms with van der Waals surface area (Å²) >= 11 is 0. The van der Waals surface area contributed by atoms with Crippen molar-refractivity contribution in [3.05, 3.63) is 47.5 Å². The van der Waals surface area contributed by atoms with Crippen molar-refractivity contribution in [1.29, 1.82) is 0 Å². The molecule has 1 aliphatic heterocycles. The molecule has 24 heavy (non-hydrogen) atoms. The van der Waals surface area contributed by atoms with Crippen molar-refractivity contribution in [1.82, 2.24) is 25.4 Å². The van der Waals surface area contributed by atoms with Gasteiger partial charge in [-0.1, -0.05) is 6.07 Å². The average molecular weight is 325 g/mol. The Morgan fingerprint density at radius 2 is 2.21 bits per heavy atom. The number of aryl methyl sites for hydroxylation is 1. The Kier molecular flexibility index (Phi) is 3.55. The molecular formula is C17H19N5O2. The fourth-order valence-electron chi connectivity index (χ4n) is 3.44. The molecule has 1 saturated heterocycles. The van der Waals surface area contributed by atoms with Crippen molar-refractivity contribution in [2.75, 3.05) is 0 Å². The van der Waals surface area contributed by atoms with E-state index in [2.05, 4.69) is 20.5 Å². The molecule has 1 saturated carbocycles. The number of hydrogen-bond acceptors (Lipinski definition) is 4. The van der Waals surface area contributed by atoms with Crippen LogP contribution in [0.2, 0.25) is 0 Å². The number of rotatable bonds is 4. The first-order valence-corrected chi connectivity index (χ1v) is 8.17. The second-order valence-electron chi connectivity index (χ2n) is 6.46. The quantitative estimate of drug-likeness (QED) is 0.887. The van der Waals surface area contributed by atoms with E-state index in [1.54, 1.807) is 19.3 Å². The summed E-state index contributed by atoms with van der Waals surface area (Å²) in [5.41, 5.74) is 2.19. The van der Waals surface area contributed by atoms with Gasteiger partial charge in [0.2, 0.25) is 5.91 Å². The second-order valence-corrected chi connectivity index (χ2v) is 6.46. The van der Waals surface area contributed by atoms with Crippen molar-refractivity contribution in [2.24, 2.45) is 0 Å². The zero-order valence-corrected chi connectivity index (χ0v) is 13.4. The summed E-state index contributed by atoms with van der Waals surface area (Å²) < 4.78 is 0.